The molecule has 2 N–H and O–H groups in total. The molecule has 0 spiro atoms. The predicted octanol–water partition coefficient (Wildman–Crippen LogP) is 1.15. The molecule has 25 heavy (non-hydrogen) atoms. The smallest absolute Gasteiger partial charge is 0.365 e. The van der Waals surface area contributed by atoms with E-state index in [1.165, 1.54) is 0 Å². The maximum absolute atomic E-state index is 13.1. The van der Waals surface area contributed by atoms with Gasteiger partial charge in [-0.2, -0.15) is 8.78 Å². The van der Waals surface area contributed by atoms with Crippen LogP contribution in [-0.2, 0) is 4.74 Å². The van der Waals surface area contributed by atoms with Gasteiger partial charge < -0.3 is 14.9 Å². The van der Waals surface area contributed by atoms with Crippen LogP contribution in [0.1, 0.15) is 41.7 Å². The van der Waals surface area contributed by atoms with E-state index in [0.717, 1.165) is 12.1 Å². The van der Waals surface area contributed by atoms with E-state index in [0.29, 0.717) is 12.1 Å². The van der Waals surface area contributed by atoms with Gasteiger partial charge in [-0.05, 0) is 24.3 Å². The van der Waals surface area contributed by atoms with Crippen LogP contribution in [-0.4, -0.2) is 44.1 Å². The summed E-state index contributed by atoms with van der Waals surface area (Å²) in [5.41, 5.74) is -3.59. The molecule has 0 aliphatic carbocycles. The van der Waals surface area contributed by atoms with E-state index in [9.17, 15) is 28.0 Å². The fourth-order valence-electron chi connectivity index (χ4n) is 1.71. The SMILES string of the molecule is O=C(O)c1ccc(F)nc1C(=O)OC(=O)c1nc(F)ccc1C(=O)O. The molecule has 2 heterocycles. The molecule has 2 aromatic heterocycles. The quantitative estimate of drug-likeness (QED) is 0.470. The van der Waals surface area contributed by atoms with Gasteiger partial charge in [0, 0.05) is 0 Å². The number of hydrogen-bond acceptors (Lipinski definition) is 7. The van der Waals surface area contributed by atoms with Gasteiger partial charge in [0.25, 0.3) is 0 Å². The zero-order valence-electron chi connectivity index (χ0n) is 11.9. The summed E-state index contributed by atoms with van der Waals surface area (Å²) in [6.45, 7) is 0. The summed E-state index contributed by atoms with van der Waals surface area (Å²) < 4.78 is 30.5. The minimum atomic E-state index is -1.68. The molecule has 0 aliphatic rings. The van der Waals surface area contributed by atoms with Gasteiger partial charge in [-0.25, -0.2) is 29.1 Å². The van der Waals surface area contributed by atoms with Crippen LogP contribution < -0.4 is 0 Å². The molecule has 128 valence electrons. The summed E-state index contributed by atoms with van der Waals surface area (Å²) >= 11 is 0. The van der Waals surface area contributed by atoms with E-state index >= 15 is 0 Å². The van der Waals surface area contributed by atoms with Gasteiger partial charge in [-0.3, -0.25) is 0 Å². The van der Waals surface area contributed by atoms with E-state index in [1.807, 2.05) is 0 Å². The molecule has 0 saturated carbocycles. The molecule has 2 rings (SSSR count). The number of aromatic carboxylic acids is 2. The van der Waals surface area contributed by atoms with Gasteiger partial charge in [-0.1, -0.05) is 0 Å². The number of esters is 2. The Balaban J connectivity index is 2.38. The van der Waals surface area contributed by atoms with Crippen LogP contribution in [0, 0.1) is 11.9 Å². The maximum atomic E-state index is 13.1. The lowest BCUT2D eigenvalue weighted by atomic mass is 10.2. The average molecular weight is 352 g/mol. The zero-order chi connectivity index (χ0) is 18.7. The summed E-state index contributed by atoms with van der Waals surface area (Å²) in [4.78, 5) is 51.8. The van der Waals surface area contributed by atoms with Crippen LogP contribution in [0.2, 0.25) is 0 Å². The Bertz CT molecular complexity index is 841. The fourth-order valence-corrected chi connectivity index (χ4v) is 1.71. The molecule has 0 aromatic carbocycles. The van der Waals surface area contributed by atoms with Crippen molar-refractivity contribution in [3.05, 3.63) is 58.7 Å². The number of hydrogen-bond donors (Lipinski definition) is 2. The van der Waals surface area contributed by atoms with Crippen LogP contribution >= 0.6 is 0 Å². The summed E-state index contributed by atoms with van der Waals surface area (Å²) in [6.07, 6.45) is 0. The van der Waals surface area contributed by atoms with Crippen molar-refractivity contribution >= 4 is 23.9 Å². The molecule has 0 unspecified atom stereocenters. The summed E-state index contributed by atoms with van der Waals surface area (Å²) in [6, 6.07) is 2.77. The van der Waals surface area contributed by atoms with Crippen molar-refractivity contribution in [2.24, 2.45) is 0 Å². The Kier molecular flexibility index (Phi) is 4.77. The molecular weight excluding hydrogens is 346 g/mol. The lowest BCUT2D eigenvalue weighted by Crippen LogP contribution is -2.21. The highest BCUT2D eigenvalue weighted by Crippen LogP contribution is 2.13. The topological polar surface area (TPSA) is 144 Å². The summed E-state index contributed by atoms with van der Waals surface area (Å²) in [5.74, 6) is -9.10. The molecule has 0 atom stereocenters. The molecule has 0 radical (unpaired) electrons. The number of nitrogens with zero attached hydrogens (tertiary/aromatic N) is 2. The monoisotopic (exact) mass is 352 g/mol. The molecule has 9 nitrogen and oxygen atoms in total. The molecule has 0 fully saturated rings. The fraction of sp³-hybridized carbons (Fsp3) is 0. The zero-order valence-corrected chi connectivity index (χ0v) is 11.9. The van der Waals surface area contributed by atoms with Crippen molar-refractivity contribution in [3.63, 3.8) is 0 Å². The van der Waals surface area contributed by atoms with Crippen LogP contribution in [0.25, 0.3) is 0 Å². The first kappa shape index (κ1) is 17.6. The number of carboxylic acid groups (broad SMARTS) is 2. The highest BCUT2D eigenvalue weighted by Gasteiger charge is 2.27. The third kappa shape index (κ3) is 3.77. The Hall–Kier alpha value is -3.76. The van der Waals surface area contributed by atoms with Crippen molar-refractivity contribution in [2.45, 2.75) is 0 Å². The van der Waals surface area contributed by atoms with E-state index < -0.39 is 58.3 Å². The van der Waals surface area contributed by atoms with Gasteiger partial charge in [0.1, 0.15) is 0 Å². The molecule has 11 heteroatoms. The van der Waals surface area contributed by atoms with Crippen molar-refractivity contribution in [1.29, 1.82) is 0 Å². The summed E-state index contributed by atoms with van der Waals surface area (Å²) in [7, 11) is 0. The highest BCUT2D eigenvalue weighted by molar-refractivity contribution is 6.08. The molecule has 2 aromatic rings. The van der Waals surface area contributed by atoms with Crippen molar-refractivity contribution in [2.75, 3.05) is 0 Å². The number of carbonyl (C=O) groups excluding carboxylic acids is 2. The third-order valence-corrected chi connectivity index (χ3v) is 2.76. The standard InChI is InChI=1S/C14H6F2N2O7/c15-7-3-1-5(11(19)20)9(17-7)13(23)25-14(24)10-6(12(21)22)2-4-8(16)18-10/h1-4H,(H,19,20)(H,21,22). The molecular formula is C14H6F2N2O7. The van der Waals surface area contributed by atoms with Crippen molar-refractivity contribution in [1.82, 2.24) is 9.97 Å². The van der Waals surface area contributed by atoms with Gasteiger partial charge in [-0.15, -0.1) is 0 Å². The summed E-state index contributed by atoms with van der Waals surface area (Å²) in [5, 5.41) is 17.8. The van der Waals surface area contributed by atoms with Gasteiger partial charge in [0.05, 0.1) is 11.1 Å². The molecule has 0 aliphatic heterocycles. The normalized spacial score (nSPS) is 10.2. The first-order valence-corrected chi connectivity index (χ1v) is 6.27. The lowest BCUT2D eigenvalue weighted by molar-refractivity contribution is 0.0376. The van der Waals surface area contributed by atoms with Crippen LogP contribution in [0.15, 0.2) is 24.3 Å². The third-order valence-electron chi connectivity index (χ3n) is 2.76. The van der Waals surface area contributed by atoms with Gasteiger partial charge in [0.15, 0.2) is 11.4 Å². The van der Waals surface area contributed by atoms with E-state index in [4.69, 9.17) is 10.2 Å². The van der Waals surface area contributed by atoms with E-state index in [1.54, 1.807) is 0 Å². The molecule has 0 amide bonds. The number of carboxylic acids is 2. The van der Waals surface area contributed by atoms with E-state index in [2.05, 4.69) is 14.7 Å². The number of rotatable bonds is 4. The number of aromatic nitrogens is 2. The van der Waals surface area contributed by atoms with Gasteiger partial charge in [0.2, 0.25) is 11.9 Å². The van der Waals surface area contributed by atoms with Crippen LogP contribution in [0.4, 0.5) is 8.78 Å². The Morgan fingerprint density at radius 1 is 0.760 bits per heavy atom. The number of ether oxygens (including phenoxy) is 1. The van der Waals surface area contributed by atoms with Crippen LogP contribution in [0.3, 0.4) is 0 Å². The number of pyridine rings is 2. The minimum absolute atomic E-state index is 0.665. The number of carbonyl (C=O) groups is 4. The Labute approximate surface area is 136 Å². The lowest BCUT2D eigenvalue weighted by Gasteiger charge is -2.06. The first-order chi connectivity index (χ1) is 11.7. The molecule has 0 saturated heterocycles. The second-order valence-electron chi connectivity index (χ2n) is 4.35. The average Bonchev–Trinajstić information content (AvgIpc) is 2.53. The first-order valence-electron chi connectivity index (χ1n) is 6.27. The Morgan fingerprint density at radius 3 is 1.44 bits per heavy atom. The second kappa shape index (κ2) is 6.78. The predicted molar refractivity (Wildman–Crippen MR) is 72.1 cm³/mol. The van der Waals surface area contributed by atoms with Crippen molar-refractivity contribution < 1.29 is 42.9 Å². The Morgan fingerprint density at radius 2 is 1.12 bits per heavy atom. The minimum Gasteiger partial charge on any atom is -0.478 e. The number of halogens is 2. The molecule has 0 bridgehead atoms. The second-order valence-corrected chi connectivity index (χ2v) is 4.35. The largest absolute Gasteiger partial charge is 0.478 e. The van der Waals surface area contributed by atoms with Crippen molar-refractivity contribution in [3.8, 4) is 0 Å². The van der Waals surface area contributed by atoms with Crippen LogP contribution in [0.5, 0.6) is 0 Å². The maximum Gasteiger partial charge on any atom is 0.365 e. The highest BCUT2D eigenvalue weighted by atomic mass is 19.1. The van der Waals surface area contributed by atoms with Gasteiger partial charge >= 0.3 is 23.9 Å². The van der Waals surface area contributed by atoms with E-state index in [-0.39, 0.29) is 0 Å².